The summed E-state index contributed by atoms with van der Waals surface area (Å²) in [6.07, 6.45) is 1.17. The Balaban J connectivity index is 2.25. The normalized spacial score (nSPS) is 13.1. The zero-order chi connectivity index (χ0) is 11.5. The molecule has 1 atom stereocenters. The van der Waals surface area contributed by atoms with Gasteiger partial charge < -0.3 is 20.1 Å². The molecule has 0 saturated carbocycles. The molecule has 1 unspecified atom stereocenters. The summed E-state index contributed by atoms with van der Waals surface area (Å²) in [6, 6.07) is 5.54. The highest BCUT2D eigenvalue weighted by atomic mass is 16.5. The van der Waals surface area contributed by atoms with Crippen LogP contribution < -0.4 is 5.73 Å². The Morgan fingerprint density at radius 1 is 1.56 bits per heavy atom. The number of aliphatic hydroxyl groups is 1. The summed E-state index contributed by atoms with van der Waals surface area (Å²) < 4.78 is 6.77. The number of nitrogens with zero attached hydrogens (tertiary/aromatic N) is 2. The quantitative estimate of drug-likeness (QED) is 0.742. The van der Waals surface area contributed by atoms with Crippen LogP contribution in [0.4, 0.5) is 5.69 Å². The summed E-state index contributed by atoms with van der Waals surface area (Å²) in [4.78, 5) is 4.22. The van der Waals surface area contributed by atoms with Gasteiger partial charge in [-0.2, -0.15) is 0 Å². The van der Waals surface area contributed by atoms with E-state index in [4.69, 9.17) is 10.5 Å². The molecular weight excluding hydrogens is 206 g/mol. The number of rotatable bonds is 4. The summed E-state index contributed by atoms with van der Waals surface area (Å²) in [5, 5.41) is 9.64. The van der Waals surface area contributed by atoms with Crippen LogP contribution in [-0.4, -0.2) is 34.5 Å². The van der Waals surface area contributed by atoms with E-state index < -0.39 is 6.10 Å². The van der Waals surface area contributed by atoms with Crippen molar-refractivity contribution in [3.63, 3.8) is 0 Å². The predicted octanol–water partition coefficient (Wildman–Crippen LogP) is 0.626. The van der Waals surface area contributed by atoms with Crippen LogP contribution in [0.25, 0.3) is 11.0 Å². The van der Waals surface area contributed by atoms with E-state index in [1.54, 1.807) is 13.4 Å². The number of ether oxygens (including phenoxy) is 1. The van der Waals surface area contributed by atoms with E-state index in [9.17, 15) is 5.11 Å². The van der Waals surface area contributed by atoms with Crippen molar-refractivity contribution >= 4 is 16.7 Å². The number of aromatic nitrogens is 2. The van der Waals surface area contributed by atoms with E-state index in [0.29, 0.717) is 18.8 Å². The summed E-state index contributed by atoms with van der Waals surface area (Å²) >= 11 is 0. The minimum Gasteiger partial charge on any atom is -0.399 e. The Morgan fingerprint density at radius 3 is 3.12 bits per heavy atom. The Labute approximate surface area is 93.5 Å². The molecule has 0 aliphatic heterocycles. The maximum Gasteiger partial charge on any atom is 0.0959 e. The molecule has 2 aromatic rings. The number of imidazole rings is 1. The van der Waals surface area contributed by atoms with Crippen LogP contribution in [0.2, 0.25) is 0 Å². The van der Waals surface area contributed by atoms with Gasteiger partial charge in [0.25, 0.3) is 0 Å². The number of hydrogen-bond acceptors (Lipinski definition) is 4. The molecule has 2 rings (SSSR count). The van der Waals surface area contributed by atoms with Gasteiger partial charge in [0.15, 0.2) is 0 Å². The van der Waals surface area contributed by atoms with Crippen molar-refractivity contribution in [2.45, 2.75) is 12.6 Å². The predicted molar refractivity (Wildman–Crippen MR) is 62.0 cm³/mol. The van der Waals surface area contributed by atoms with Crippen molar-refractivity contribution in [2.24, 2.45) is 0 Å². The molecule has 1 heterocycles. The molecule has 0 aliphatic rings. The molecule has 0 radical (unpaired) electrons. The number of fused-ring (bicyclic) bond motifs is 1. The van der Waals surface area contributed by atoms with Crippen molar-refractivity contribution < 1.29 is 9.84 Å². The van der Waals surface area contributed by atoms with Crippen LogP contribution in [0.5, 0.6) is 0 Å². The van der Waals surface area contributed by atoms with Gasteiger partial charge in [-0.25, -0.2) is 4.98 Å². The van der Waals surface area contributed by atoms with Gasteiger partial charge in [-0.15, -0.1) is 0 Å². The first kappa shape index (κ1) is 10.9. The number of benzene rings is 1. The number of anilines is 1. The van der Waals surface area contributed by atoms with Crippen LogP contribution in [0.1, 0.15) is 0 Å². The number of methoxy groups -OCH3 is 1. The fourth-order valence-electron chi connectivity index (χ4n) is 1.70. The lowest BCUT2D eigenvalue weighted by Crippen LogP contribution is -2.20. The molecule has 1 aromatic carbocycles. The first-order chi connectivity index (χ1) is 7.70. The third-order valence-electron chi connectivity index (χ3n) is 2.41. The molecule has 0 spiro atoms. The van der Waals surface area contributed by atoms with E-state index in [0.717, 1.165) is 11.0 Å². The first-order valence-electron chi connectivity index (χ1n) is 5.08. The van der Waals surface area contributed by atoms with E-state index in [1.165, 1.54) is 0 Å². The van der Waals surface area contributed by atoms with Crippen LogP contribution >= 0.6 is 0 Å². The number of nitrogens with two attached hydrogens (primary N) is 1. The lowest BCUT2D eigenvalue weighted by atomic mass is 10.2. The van der Waals surface area contributed by atoms with Crippen LogP contribution in [0, 0.1) is 0 Å². The third kappa shape index (κ3) is 2.15. The van der Waals surface area contributed by atoms with Crippen LogP contribution in [0.3, 0.4) is 0 Å². The van der Waals surface area contributed by atoms with Crippen LogP contribution in [0.15, 0.2) is 24.5 Å². The molecule has 16 heavy (non-hydrogen) atoms. The number of aliphatic hydroxyl groups excluding tert-OH is 1. The molecule has 0 fully saturated rings. The van der Waals surface area contributed by atoms with Crippen molar-refractivity contribution in [1.29, 1.82) is 0 Å². The standard InChI is InChI=1S/C11H15N3O2/c1-16-6-9(15)5-14-7-13-10-4-8(12)2-3-11(10)14/h2-4,7,9,15H,5-6,12H2,1H3. The Kier molecular flexibility index (Phi) is 3.07. The SMILES string of the molecule is COCC(O)Cn1cnc2cc(N)ccc21. The van der Waals surface area contributed by atoms with Gasteiger partial charge in [-0.05, 0) is 18.2 Å². The second-order valence-electron chi connectivity index (χ2n) is 3.75. The molecule has 1 aromatic heterocycles. The first-order valence-corrected chi connectivity index (χ1v) is 5.08. The molecule has 0 bridgehead atoms. The van der Waals surface area contributed by atoms with Gasteiger partial charge in [-0.1, -0.05) is 0 Å². The van der Waals surface area contributed by atoms with E-state index >= 15 is 0 Å². The van der Waals surface area contributed by atoms with Gasteiger partial charge >= 0.3 is 0 Å². The van der Waals surface area contributed by atoms with E-state index in [1.807, 2.05) is 22.8 Å². The van der Waals surface area contributed by atoms with Crippen molar-refractivity contribution in [2.75, 3.05) is 19.5 Å². The van der Waals surface area contributed by atoms with Crippen molar-refractivity contribution in [3.05, 3.63) is 24.5 Å². The molecule has 0 saturated heterocycles. The monoisotopic (exact) mass is 221 g/mol. The second kappa shape index (κ2) is 4.51. The summed E-state index contributed by atoms with van der Waals surface area (Å²) in [5.41, 5.74) is 8.15. The average molecular weight is 221 g/mol. The second-order valence-corrected chi connectivity index (χ2v) is 3.75. The minimum absolute atomic E-state index is 0.314. The van der Waals surface area contributed by atoms with Gasteiger partial charge in [0.05, 0.1) is 36.6 Å². The maximum absolute atomic E-state index is 9.64. The highest BCUT2D eigenvalue weighted by Crippen LogP contribution is 2.16. The molecule has 5 nitrogen and oxygen atoms in total. The maximum atomic E-state index is 9.64. The van der Waals surface area contributed by atoms with Crippen molar-refractivity contribution in [3.8, 4) is 0 Å². The number of nitrogen functional groups attached to an aromatic ring is 1. The number of hydrogen-bond donors (Lipinski definition) is 2. The fraction of sp³-hybridized carbons (Fsp3) is 0.364. The van der Waals surface area contributed by atoms with Crippen molar-refractivity contribution in [1.82, 2.24) is 9.55 Å². The molecule has 0 amide bonds. The molecular formula is C11H15N3O2. The van der Waals surface area contributed by atoms with E-state index in [2.05, 4.69) is 4.98 Å². The van der Waals surface area contributed by atoms with Crippen LogP contribution in [-0.2, 0) is 11.3 Å². The Morgan fingerprint density at radius 2 is 2.38 bits per heavy atom. The smallest absolute Gasteiger partial charge is 0.0959 e. The average Bonchev–Trinajstić information content (AvgIpc) is 2.61. The topological polar surface area (TPSA) is 73.3 Å². The summed E-state index contributed by atoms with van der Waals surface area (Å²) in [5.74, 6) is 0. The van der Waals surface area contributed by atoms with Gasteiger partial charge in [-0.3, -0.25) is 0 Å². The van der Waals surface area contributed by atoms with E-state index in [-0.39, 0.29) is 0 Å². The zero-order valence-electron chi connectivity index (χ0n) is 9.13. The highest BCUT2D eigenvalue weighted by Gasteiger charge is 2.08. The van der Waals surface area contributed by atoms with Gasteiger partial charge in [0, 0.05) is 12.8 Å². The molecule has 0 aliphatic carbocycles. The minimum atomic E-state index is -0.528. The summed E-state index contributed by atoms with van der Waals surface area (Å²) in [6.45, 7) is 0.781. The highest BCUT2D eigenvalue weighted by molar-refractivity contribution is 5.78. The van der Waals surface area contributed by atoms with Gasteiger partial charge in [0.2, 0.25) is 0 Å². The molecule has 5 heteroatoms. The lowest BCUT2D eigenvalue weighted by Gasteiger charge is -2.10. The molecule has 86 valence electrons. The Bertz CT molecular complexity index is 481. The largest absolute Gasteiger partial charge is 0.399 e. The third-order valence-corrected chi connectivity index (χ3v) is 2.41. The lowest BCUT2D eigenvalue weighted by molar-refractivity contribution is 0.0544. The Hall–Kier alpha value is -1.59. The molecule has 3 N–H and O–H groups in total. The zero-order valence-corrected chi connectivity index (χ0v) is 9.13. The van der Waals surface area contributed by atoms with Gasteiger partial charge in [0.1, 0.15) is 0 Å². The summed E-state index contributed by atoms with van der Waals surface area (Å²) in [7, 11) is 1.57. The fourth-order valence-corrected chi connectivity index (χ4v) is 1.70.